The Balaban J connectivity index is 2.20. The lowest BCUT2D eigenvalue weighted by atomic mass is 10.2. The smallest absolute Gasteiger partial charge is 0.308 e. The van der Waals surface area contributed by atoms with Crippen LogP contribution in [0.3, 0.4) is 0 Å². The van der Waals surface area contributed by atoms with Crippen molar-refractivity contribution in [2.24, 2.45) is 0 Å². The van der Waals surface area contributed by atoms with Crippen LogP contribution in [0.1, 0.15) is 23.5 Å². The maximum Gasteiger partial charge on any atom is 0.308 e. The molecule has 0 radical (unpaired) electrons. The number of ether oxygens (including phenoxy) is 2. The Labute approximate surface area is 116 Å². The van der Waals surface area contributed by atoms with Crippen LogP contribution in [-0.2, 0) is 4.79 Å². The van der Waals surface area contributed by atoms with Gasteiger partial charge in [0.25, 0.3) is 0 Å². The summed E-state index contributed by atoms with van der Waals surface area (Å²) >= 11 is 3.91. The molecule has 1 aromatic rings. The molecule has 0 bridgehead atoms. The Morgan fingerprint density at radius 3 is 2.61 bits per heavy atom. The molecule has 0 N–H and O–H groups in total. The van der Waals surface area contributed by atoms with Gasteiger partial charge in [0, 0.05) is 6.92 Å². The summed E-state index contributed by atoms with van der Waals surface area (Å²) in [6, 6.07) is 5.79. The first kappa shape index (κ1) is 13.6. The van der Waals surface area contributed by atoms with Crippen LogP contribution in [0.15, 0.2) is 18.2 Å². The van der Waals surface area contributed by atoms with E-state index >= 15 is 0 Å². The molecule has 0 aromatic heterocycles. The topological polar surface area (TPSA) is 35.5 Å². The summed E-state index contributed by atoms with van der Waals surface area (Å²) in [7, 11) is 1.59. The molecule has 1 aliphatic rings. The minimum Gasteiger partial charge on any atom is -0.493 e. The number of carbonyl (C=O) groups excluding carboxylic acids is 1. The van der Waals surface area contributed by atoms with Gasteiger partial charge in [-0.15, -0.1) is 23.5 Å². The standard InChI is InChI=1S/C13H16O3S2/c1-9(14)16-11-5-4-10(8-12(11)15-2)13-17-6-3-7-18-13/h4-5,8,13H,3,6-7H2,1-2H3. The molecule has 2 rings (SSSR count). The summed E-state index contributed by atoms with van der Waals surface area (Å²) in [6.45, 7) is 1.39. The fraction of sp³-hybridized carbons (Fsp3) is 0.462. The summed E-state index contributed by atoms with van der Waals surface area (Å²) in [5, 5.41) is 0. The van der Waals surface area contributed by atoms with E-state index in [0.29, 0.717) is 16.1 Å². The minimum atomic E-state index is -0.331. The van der Waals surface area contributed by atoms with Gasteiger partial charge in [0.1, 0.15) is 0 Å². The summed E-state index contributed by atoms with van der Waals surface area (Å²) < 4.78 is 10.8. The van der Waals surface area contributed by atoms with Gasteiger partial charge in [0.05, 0.1) is 11.7 Å². The molecule has 1 aromatic carbocycles. The minimum absolute atomic E-state index is 0.331. The van der Waals surface area contributed by atoms with Crippen molar-refractivity contribution in [3.05, 3.63) is 23.8 Å². The predicted molar refractivity (Wildman–Crippen MR) is 76.6 cm³/mol. The average Bonchev–Trinajstić information content (AvgIpc) is 2.39. The van der Waals surface area contributed by atoms with Crippen molar-refractivity contribution in [3.63, 3.8) is 0 Å². The van der Waals surface area contributed by atoms with E-state index in [0.717, 1.165) is 0 Å². The molecule has 5 heteroatoms. The molecule has 18 heavy (non-hydrogen) atoms. The van der Waals surface area contributed by atoms with Crippen LogP contribution in [0.5, 0.6) is 11.5 Å². The zero-order valence-corrected chi connectivity index (χ0v) is 12.1. The molecule has 1 heterocycles. The van der Waals surface area contributed by atoms with Gasteiger partial charge >= 0.3 is 5.97 Å². The molecule has 0 unspecified atom stereocenters. The Bertz CT molecular complexity index is 428. The third-order valence-corrected chi connectivity index (χ3v) is 5.56. The van der Waals surface area contributed by atoms with Crippen molar-refractivity contribution in [2.45, 2.75) is 17.9 Å². The lowest BCUT2D eigenvalue weighted by molar-refractivity contribution is -0.132. The number of methoxy groups -OCH3 is 1. The largest absolute Gasteiger partial charge is 0.493 e. The van der Waals surface area contributed by atoms with Gasteiger partial charge < -0.3 is 9.47 Å². The first-order valence-corrected chi connectivity index (χ1v) is 7.90. The van der Waals surface area contributed by atoms with Crippen molar-refractivity contribution < 1.29 is 14.3 Å². The lowest BCUT2D eigenvalue weighted by Crippen LogP contribution is -2.04. The molecule has 0 atom stereocenters. The number of hydrogen-bond acceptors (Lipinski definition) is 5. The molecular weight excluding hydrogens is 268 g/mol. The molecule has 98 valence electrons. The van der Waals surface area contributed by atoms with Crippen molar-refractivity contribution in [3.8, 4) is 11.5 Å². The number of carbonyl (C=O) groups is 1. The van der Waals surface area contributed by atoms with Gasteiger partial charge in [0.2, 0.25) is 0 Å². The molecular formula is C13H16O3S2. The summed E-state index contributed by atoms with van der Waals surface area (Å²) in [4.78, 5) is 11.0. The molecule has 0 amide bonds. The van der Waals surface area contributed by atoms with Gasteiger partial charge in [-0.1, -0.05) is 6.07 Å². The highest BCUT2D eigenvalue weighted by Crippen LogP contribution is 2.45. The van der Waals surface area contributed by atoms with E-state index < -0.39 is 0 Å². The van der Waals surface area contributed by atoms with Crippen LogP contribution in [0.2, 0.25) is 0 Å². The van der Waals surface area contributed by atoms with Crippen LogP contribution >= 0.6 is 23.5 Å². The number of benzene rings is 1. The predicted octanol–water partition coefficient (Wildman–Crippen LogP) is 3.49. The van der Waals surface area contributed by atoms with Crippen LogP contribution in [0, 0.1) is 0 Å². The Hall–Kier alpha value is -0.810. The van der Waals surface area contributed by atoms with E-state index in [1.807, 2.05) is 41.7 Å². The monoisotopic (exact) mass is 284 g/mol. The second-order valence-corrected chi connectivity index (χ2v) is 6.66. The highest BCUT2D eigenvalue weighted by Gasteiger charge is 2.18. The number of esters is 1. The Kier molecular flexibility index (Phi) is 4.83. The van der Waals surface area contributed by atoms with Crippen LogP contribution in [0.25, 0.3) is 0 Å². The van der Waals surface area contributed by atoms with Crippen molar-refractivity contribution in [1.82, 2.24) is 0 Å². The van der Waals surface area contributed by atoms with E-state index in [1.54, 1.807) is 7.11 Å². The molecule has 0 saturated carbocycles. The summed E-state index contributed by atoms with van der Waals surface area (Å²) in [6.07, 6.45) is 1.27. The quantitative estimate of drug-likeness (QED) is 0.627. The highest BCUT2D eigenvalue weighted by molar-refractivity contribution is 8.16. The molecule has 1 aliphatic heterocycles. The van der Waals surface area contributed by atoms with Gasteiger partial charge in [-0.25, -0.2) is 0 Å². The molecule has 0 aliphatic carbocycles. The molecule has 3 nitrogen and oxygen atoms in total. The maximum atomic E-state index is 11.0. The van der Waals surface area contributed by atoms with E-state index in [-0.39, 0.29) is 5.97 Å². The lowest BCUT2D eigenvalue weighted by Gasteiger charge is -2.22. The van der Waals surface area contributed by atoms with Gasteiger partial charge in [-0.2, -0.15) is 0 Å². The van der Waals surface area contributed by atoms with Crippen LogP contribution < -0.4 is 9.47 Å². The van der Waals surface area contributed by atoms with Crippen molar-refractivity contribution in [2.75, 3.05) is 18.6 Å². The molecule has 1 saturated heterocycles. The average molecular weight is 284 g/mol. The van der Waals surface area contributed by atoms with Gasteiger partial charge in [-0.05, 0) is 35.6 Å². The highest BCUT2D eigenvalue weighted by atomic mass is 32.2. The van der Waals surface area contributed by atoms with Crippen molar-refractivity contribution in [1.29, 1.82) is 0 Å². The maximum absolute atomic E-state index is 11.0. The first-order valence-electron chi connectivity index (χ1n) is 5.80. The second kappa shape index (κ2) is 6.38. The third-order valence-electron chi connectivity index (χ3n) is 2.54. The third kappa shape index (κ3) is 3.36. The van der Waals surface area contributed by atoms with Crippen molar-refractivity contribution >= 4 is 29.5 Å². The SMILES string of the molecule is COc1cc(C2SCCCS2)ccc1OC(C)=O. The zero-order valence-electron chi connectivity index (χ0n) is 10.5. The zero-order chi connectivity index (χ0) is 13.0. The number of hydrogen-bond donors (Lipinski definition) is 0. The van der Waals surface area contributed by atoms with Crippen LogP contribution in [0.4, 0.5) is 0 Å². The fourth-order valence-corrected chi connectivity index (χ4v) is 4.62. The van der Waals surface area contributed by atoms with E-state index in [9.17, 15) is 4.79 Å². The normalized spacial score (nSPS) is 16.3. The number of thioether (sulfide) groups is 2. The second-order valence-electron chi connectivity index (χ2n) is 3.93. The Morgan fingerprint density at radius 1 is 1.28 bits per heavy atom. The summed E-state index contributed by atoms with van der Waals surface area (Å²) in [5.41, 5.74) is 1.22. The molecule has 1 fully saturated rings. The first-order chi connectivity index (χ1) is 8.70. The van der Waals surface area contributed by atoms with Gasteiger partial charge in [0.15, 0.2) is 11.5 Å². The van der Waals surface area contributed by atoms with Gasteiger partial charge in [-0.3, -0.25) is 4.79 Å². The number of rotatable bonds is 3. The fourth-order valence-electron chi connectivity index (χ4n) is 1.75. The Morgan fingerprint density at radius 2 is 2.00 bits per heavy atom. The van der Waals surface area contributed by atoms with E-state index in [4.69, 9.17) is 9.47 Å². The summed E-state index contributed by atoms with van der Waals surface area (Å²) in [5.74, 6) is 3.17. The van der Waals surface area contributed by atoms with Crippen LogP contribution in [-0.4, -0.2) is 24.6 Å². The van der Waals surface area contributed by atoms with E-state index in [1.165, 1.54) is 30.4 Å². The molecule has 0 spiro atoms. The van der Waals surface area contributed by atoms with E-state index in [2.05, 4.69) is 0 Å².